The normalized spacial score (nSPS) is 16.2. The van der Waals surface area contributed by atoms with Crippen molar-refractivity contribution >= 4 is 39.9 Å². The lowest BCUT2D eigenvalue weighted by molar-refractivity contribution is 0.172. The molecule has 1 atom stereocenters. The first kappa shape index (κ1) is 20.3. The Bertz CT molecular complexity index is 1220. The topological polar surface area (TPSA) is 36.3 Å². The van der Waals surface area contributed by atoms with Gasteiger partial charge < -0.3 is 10.1 Å². The lowest BCUT2D eigenvalue weighted by Crippen LogP contribution is -2.38. The molecule has 3 nitrogen and oxygen atoms in total. The van der Waals surface area contributed by atoms with Crippen LogP contribution >= 0.6 is 22.9 Å². The Hall–Kier alpha value is -2.66. The molecule has 0 amide bonds. The van der Waals surface area contributed by atoms with Crippen molar-refractivity contribution in [3.8, 4) is 5.75 Å². The highest BCUT2D eigenvalue weighted by atomic mass is 35.5. The number of benzene rings is 3. The summed E-state index contributed by atoms with van der Waals surface area (Å²) in [6.07, 6.45) is 2.48. The number of halogens is 1. The zero-order valence-corrected chi connectivity index (χ0v) is 18.6. The van der Waals surface area contributed by atoms with Gasteiger partial charge in [0.1, 0.15) is 12.4 Å². The van der Waals surface area contributed by atoms with E-state index < -0.39 is 0 Å². The number of hydrogen-bond acceptors (Lipinski definition) is 4. The third kappa shape index (κ3) is 3.99. The Balaban J connectivity index is 1.37. The number of nitrogens with zero attached hydrogens (tertiary/aromatic N) is 1. The largest absolute Gasteiger partial charge is 0.492 e. The van der Waals surface area contributed by atoms with Crippen molar-refractivity contribution in [3.63, 3.8) is 0 Å². The van der Waals surface area contributed by atoms with Crippen LogP contribution in [0.2, 0.25) is 5.02 Å². The monoisotopic (exact) mass is 446 g/mol. The number of hydrogen-bond donors (Lipinski definition) is 1. The minimum Gasteiger partial charge on any atom is -0.492 e. The van der Waals surface area contributed by atoms with E-state index in [-0.39, 0.29) is 6.04 Å². The first-order valence-corrected chi connectivity index (χ1v) is 11.7. The maximum Gasteiger partial charge on any atom is 0.127 e. The molecule has 1 aromatic heterocycles. The molecule has 31 heavy (non-hydrogen) atoms. The van der Waals surface area contributed by atoms with Crippen molar-refractivity contribution in [1.29, 1.82) is 5.41 Å². The molecular weight excluding hydrogens is 424 g/mol. The van der Waals surface area contributed by atoms with Gasteiger partial charge in [0.15, 0.2) is 0 Å². The van der Waals surface area contributed by atoms with Gasteiger partial charge in [-0.2, -0.15) is 0 Å². The SMILES string of the molecule is N=Cc1ccc(OCCN2CCc3sccc3C2c2ccc(Cl)cc2)c2ccccc12. The molecule has 0 spiro atoms. The maximum absolute atomic E-state index is 7.65. The lowest BCUT2D eigenvalue weighted by Gasteiger charge is -2.36. The first-order chi connectivity index (χ1) is 15.2. The molecule has 3 aromatic carbocycles. The fraction of sp³-hybridized carbons (Fsp3) is 0.192. The van der Waals surface area contributed by atoms with Crippen LogP contribution in [0.25, 0.3) is 10.8 Å². The summed E-state index contributed by atoms with van der Waals surface area (Å²) < 4.78 is 6.26. The van der Waals surface area contributed by atoms with Gasteiger partial charge in [-0.15, -0.1) is 11.3 Å². The Morgan fingerprint density at radius 3 is 2.65 bits per heavy atom. The van der Waals surface area contributed by atoms with Gasteiger partial charge in [0.2, 0.25) is 0 Å². The standard InChI is InChI=1S/C26H23ClN2OS/c27-20-8-5-18(6-9-20)26-23-12-16-31-25(23)11-13-29(26)14-15-30-24-10-7-19(17-28)21-3-1-2-4-22(21)24/h1-10,12,16-17,26,28H,11,13-15H2. The van der Waals surface area contributed by atoms with Gasteiger partial charge in [-0.3, -0.25) is 4.90 Å². The van der Waals surface area contributed by atoms with Gasteiger partial charge in [0, 0.05) is 40.2 Å². The van der Waals surface area contributed by atoms with E-state index in [0.29, 0.717) is 6.61 Å². The number of rotatable bonds is 6. The van der Waals surface area contributed by atoms with Crippen molar-refractivity contribution in [2.45, 2.75) is 12.5 Å². The molecule has 0 bridgehead atoms. The third-order valence-corrected chi connectivity index (χ3v) is 7.21. The minimum atomic E-state index is 0.230. The van der Waals surface area contributed by atoms with Crippen LogP contribution in [-0.2, 0) is 6.42 Å². The average molecular weight is 447 g/mol. The van der Waals surface area contributed by atoms with E-state index >= 15 is 0 Å². The quantitative estimate of drug-likeness (QED) is 0.339. The summed E-state index contributed by atoms with van der Waals surface area (Å²) in [4.78, 5) is 3.98. The second-order valence-electron chi connectivity index (χ2n) is 7.73. The van der Waals surface area contributed by atoms with Crippen molar-refractivity contribution in [3.05, 3.63) is 98.7 Å². The number of nitrogens with one attached hydrogen (secondary N) is 1. The molecule has 0 fully saturated rings. The molecule has 1 aliphatic heterocycles. The molecule has 0 saturated carbocycles. The van der Waals surface area contributed by atoms with Crippen LogP contribution in [0.4, 0.5) is 0 Å². The minimum absolute atomic E-state index is 0.230. The molecule has 5 rings (SSSR count). The second kappa shape index (κ2) is 8.83. The molecule has 0 saturated heterocycles. The van der Waals surface area contributed by atoms with Crippen LogP contribution in [0.15, 0.2) is 72.1 Å². The molecule has 156 valence electrons. The van der Waals surface area contributed by atoms with E-state index in [9.17, 15) is 0 Å². The summed E-state index contributed by atoms with van der Waals surface area (Å²) in [5.74, 6) is 0.873. The van der Waals surface area contributed by atoms with Crippen LogP contribution in [0.3, 0.4) is 0 Å². The molecule has 1 unspecified atom stereocenters. The van der Waals surface area contributed by atoms with Gasteiger partial charge in [-0.25, -0.2) is 0 Å². The highest BCUT2D eigenvalue weighted by Crippen LogP contribution is 2.38. The van der Waals surface area contributed by atoms with E-state index in [0.717, 1.165) is 46.6 Å². The summed E-state index contributed by atoms with van der Waals surface area (Å²) in [5, 5.41) is 12.7. The Morgan fingerprint density at radius 2 is 1.84 bits per heavy atom. The van der Waals surface area contributed by atoms with Gasteiger partial charge in [0.05, 0.1) is 6.04 Å². The Labute approximate surface area is 191 Å². The molecule has 0 radical (unpaired) electrons. The van der Waals surface area contributed by atoms with E-state index in [1.807, 2.05) is 53.8 Å². The summed E-state index contributed by atoms with van der Waals surface area (Å²) in [6.45, 7) is 2.46. The summed E-state index contributed by atoms with van der Waals surface area (Å²) in [7, 11) is 0. The van der Waals surface area contributed by atoms with Crippen molar-refractivity contribution in [1.82, 2.24) is 4.90 Å². The van der Waals surface area contributed by atoms with Gasteiger partial charge in [0.25, 0.3) is 0 Å². The fourth-order valence-electron chi connectivity index (χ4n) is 4.46. The van der Waals surface area contributed by atoms with Crippen LogP contribution in [-0.4, -0.2) is 30.8 Å². The average Bonchev–Trinajstić information content (AvgIpc) is 3.28. The van der Waals surface area contributed by atoms with Crippen molar-refractivity contribution in [2.24, 2.45) is 0 Å². The molecule has 1 aliphatic rings. The van der Waals surface area contributed by atoms with Gasteiger partial charge in [-0.1, -0.05) is 48.0 Å². The van der Waals surface area contributed by atoms with Crippen LogP contribution in [0.1, 0.15) is 27.6 Å². The molecule has 5 heteroatoms. The molecular formula is C26H23ClN2OS. The number of ether oxygens (including phenoxy) is 1. The summed E-state index contributed by atoms with van der Waals surface area (Å²) in [5.41, 5.74) is 3.58. The first-order valence-electron chi connectivity index (χ1n) is 10.5. The predicted molar refractivity (Wildman–Crippen MR) is 130 cm³/mol. The van der Waals surface area contributed by atoms with E-state index in [2.05, 4.69) is 34.5 Å². The van der Waals surface area contributed by atoms with Crippen LogP contribution < -0.4 is 4.74 Å². The van der Waals surface area contributed by atoms with E-state index in [1.54, 1.807) is 0 Å². The highest BCUT2D eigenvalue weighted by Gasteiger charge is 2.29. The summed E-state index contributed by atoms with van der Waals surface area (Å²) in [6, 6.07) is 22.8. The molecule has 4 aromatic rings. The lowest BCUT2D eigenvalue weighted by atomic mass is 9.93. The Kier molecular flexibility index (Phi) is 5.77. The second-order valence-corrected chi connectivity index (χ2v) is 9.17. The number of thiophene rings is 1. The highest BCUT2D eigenvalue weighted by molar-refractivity contribution is 7.10. The Morgan fingerprint density at radius 1 is 1.03 bits per heavy atom. The third-order valence-electron chi connectivity index (χ3n) is 5.96. The smallest absolute Gasteiger partial charge is 0.127 e. The fourth-order valence-corrected chi connectivity index (χ4v) is 5.49. The molecule has 1 N–H and O–H groups in total. The van der Waals surface area contributed by atoms with E-state index in [1.165, 1.54) is 22.2 Å². The van der Waals surface area contributed by atoms with Crippen LogP contribution in [0.5, 0.6) is 5.75 Å². The van der Waals surface area contributed by atoms with Crippen molar-refractivity contribution in [2.75, 3.05) is 19.7 Å². The zero-order valence-electron chi connectivity index (χ0n) is 17.1. The van der Waals surface area contributed by atoms with Crippen molar-refractivity contribution < 1.29 is 4.74 Å². The molecule has 2 heterocycles. The van der Waals surface area contributed by atoms with Gasteiger partial charge in [-0.05, 0) is 58.6 Å². The predicted octanol–water partition coefficient (Wildman–Crippen LogP) is 6.58. The van der Waals surface area contributed by atoms with Crippen LogP contribution in [0, 0.1) is 5.41 Å². The van der Waals surface area contributed by atoms with E-state index in [4.69, 9.17) is 21.7 Å². The molecule has 0 aliphatic carbocycles. The zero-order chi connectivity index (χ0) is 21.2. The maximum atomic E-state index is 7.65. The number of fused-ring (bicyclic) bond motifs is 2. The summed E-state index contributed by atoms with van der Waals surface area (Å²) >= 11 is 7.99. The van der Waals surface area contributed by atoms with Gasteiger partial charge >= 0.3 is 0 Å².